The molecule has 1 heterocycles. The minimum Gasteiger partial charge on any atom is -0.395 e. The van der Waals surface area contributed by atoms with Crippen LogP contribution >= 0.6 is 0 Å². The molecule has 2 rings (SSSR count). The Morgan fingerprint density at radius 2 is 2.18 bits per heavy atom. The van der Waals surface area contributed by atoms with E-state index < -0.39 is 5.41 Å². The predicted molar refractivity (Wildman–Crippen MR) is 64.9 cm³/mol. The minimum atomic E-state index is -0.753. The monoisotopic (exact) mass is 235 g/mol. The number of aliphatic hydroxyl groups is 1. The van der Waals surface area contributed by atoms with Crippen molar-refractivity contribution in [2.75, 3.05) is 25.1 Å². The number of carbonyl (C=O) groups excluding carboxylic acids is 1. The second kappa shape index (κ2) is 4.47. The summed E-state index contributed by atoms with van der Waals surface area (Å²) in [5, 5.41) is 12.1. The quantitative estimate of drug-likeness (QED) is 0.829. The number of ether oxygens (including phenoxy) is 1. The molecule has 0 aliphatic carbocycles. The van der Waals surface area contributed by atoms with E-state index >= 15 is 0 Å². The average Bonchev–Trinajstić information content (AvgIpc) is 2.21. The summed E-state index contributed by atoms with van der Waals surface area (Å²) >= 11 is 0. The summed E-state index contributed by atoms with van der Waals surface area (Å²) in [6.07, 6.45) is 0. The Morgan fingerprint density at radius 1 is 1.47 bits per heavy atom. The third kappa shape index (κ3) is 2.18. The summed E-state index contributed by atoms with van der Waals surface area (Å²) in [6.45, 7) is 4.36. The van der Waals surface area contributed by atoms with Gasteiger partial charge in [0, 0.05) is 5.69 Å². The number of amides is 1. The molecule has 0 spiro atoms. The van der Waals surface area contributed by atoms with Crippen LogP contribution in [0.2, 0.25) is 0 Å². The molecular weight excluding hydrogens is 218 g/mol. The number of rotatable bonds is 3. The van der Waals surface area contributed by atoms with Crippen molar-refractivity contribution in [3.05, 3.63) is 29.3 Å². The summed E-state index contributed by atoms with van der Waals surface area (Å²) in [7, 11) is 0. The van der Waals surface area contributed by atoms with Crippen LogP contribution < -0.4 is 5.32 Å². The first kappa shape index (κ1) is 12.1. The van der Waals surface area contributed by atoms with Crippen LogP contribution in [0.5, 0.6) is 0 Å². The number of hydrogen-bond acceptors (Lipinski definition) is 3. The smallest absolute Gasteiger partial charge is 0.237 e. The van der Waals surface area contributed by atoms with Gasteiger partial charge < -0.3 is 15.2 Å². The first-order valence-electron chi connectivity index (χ1n) is 5.65. The molecule has 1 aliphatic rings. The van der Waals surface area contributed by atoms with Gasteiger partial charge in [-0.2, -0.15) is 0 Å². The Hall–Kier alpha value is -1.39. The van der Waals surface area contributed by atoms with Gasteiger partial charge in [0.25, 0.3) is 0 Å². The molecule has 1 aromatic rings. The molecule has 0 saturated carbocycles. The van der Waals surface area contributed by atoms with Gasteiger partial charge in [0.1, 0.15) is 5.41 Å². The number of aliphatic hydroxyl groups excluding tert-OH is 1. The Morgan fingerprint density at radius 3 is 2.65 bits per heavy atom. The van der Waals surface area contributed by atoms with Gasteiger partial charge in [0.15, 0.2) is 0 Å². The Labute approximate surface area is 101 Å². The maximum Gasteiger partial charge on any atom is 0.237 e. The number of nitrogens with one attached hydrogen (secondary N) is 1. The first-order valence-corrected chi connectivity index (χ1v) is 5.65. The van der Waals surface area contributed by atoms with E-state index in [0.717, 1.165) is 16.8 Å². The summed E-state index contributed by atoms with van der Waals surface area (Å²) in [5.41, 5.74) is 2.22. The van der Waals surface area contributed by atoms with E-state index in [4.69, 9.17) is 4.74 Å². The van der Waals surface area contributed by atoms with Crippen LogP contribution in [-0.2, 0) is 9.53 Å². The lowest BCUT2D eigenvalue weighted by Crippen LogP contribution is -2.54. The van der Waals surface area contributed by atoms with Gasteiger partial charge >= 0.3 is 0 Å². The van der Waals surface area contributed by atoms with Crippen LogP contribution in [0, 0.1) is 19.3 Å². The molecule has 0 bridgehead atoms. The van der Waals surface area contributed by atoms with Crippen LogP contribution in [0.15, 0.2) is 18.2 Å². The minimum absolute atomic E-state index is 0.168. The van der Waals surface area contributed by atoms with Gasteiger partial charge in [0.05, 0.1) is 19.8 Å². The molecule has 0 radical (unpaired) electrons. The molecule has 92 valence electrons. The Kier molecular flexibility index (Phi) is 3.17. The third-order valence-corrected chi connectivity index (χ3v) is 3.17. The second-order valence-electron chi connectivity index (χ2n) is 4.70. The lowest BCUT2D eigenvalue weighted by atomic mass is 9.86. The van der Waals surface area contributed by atoms with Crippen molar-refractivity contribution in [3.8, 4) is 0 Å². The number of carbonyl (C=O) groups is 1. The van der Waals surface area contributed by atoms with E-state index in [-0.39, 0.29) is 12.5 Å². The van der Waals surface area contributed by atoms with Crippen molar-refractivity contribution >= 4 is 11.6 Å². The number of anilines is 1. The van der Waals surface area contributed by atoms with E-state index in [9.17, 15) is 9.90 Å². The molecule has 1 aliphatic heterocycles. The van der Waals surface area contributed by atoms with E-state index in [0.29, 0.717) is 13.2 Å². The Bertz CT molecular complexity index is 433. The highest BCUT2D eigenvalue weighted by molar-refractivity contribution is 5.96. The lowest BCUT2D eigenvalue weighted by molar-refractivity contribution is -0.164. The van der Waals surface area contributed by atoms with Gasteiger partial charge in [-0.3, -0.25) is 4.79 Å². The zero-order valence-corrected chi connectivity index (χ0v) is 10.1. The number of aryl methyl sites for hydroxylation is 2. The topological polar surface area (TPSA) is 58.6 Å². The van der Waals surface area contributed by atoms with E-state index in [1.807, 2.05) is 32.0 Å². The number of benzene rings is 1. The van der Waals surface area contributed by atoms with Crippen LogP contribution in [-0.4, -0.2) is 30.8 Å². The highest BCUT2D eigenvalue weighted by atomic mass is 16.5. The molecule has 0 unspecified atom stereocenters. The fourth-order valence-corrected chi connectivity index (χ4v) is 1.85. The molecule has 17 heavy (non-hydrogen) atoms. The van der Waals surface area contributed by atoms with Crippen LogP contribution in [0.25, 0.3) is 0 Å². The third-order valence-electron chi connectivity index (χ3n) is 3.17. The van der Waals surface area contributed by atoms with Crippen molar-refractivity contribution < 1.29 is 14.6 Å². The maximum atomic E-state index is 12.0. The van der Waals surface area contributed by atoms with Crippen LogP contribution in [0.4, 0.5) is 5.69 Å². The molecule has 1 fully saturated rings. The van der Waals surface area contributed by atoms with Gasteiger partial charge in [-0.1, -0.05) is 17.7 Å². The Balaban J connectivity index is 2.13. The van der Waals surface area contributed by atoms with E-state index in [1.54, 1.807) is 0 Å². The lowest BCUT2D eigenvalue weighted by Gasteiger charge is -2.38. The second-order valence-corrected chi connectivity index (χ2v) is 4.70. The van der Waals surface area contributed by atoms with Crippen molar-refractivity contribution in [3.63, 3.8) is 0 Å². The van der Waals surface area contributed by atoms with Gasteiger partial charge in [-0.15, -0.1) is 0 Å². The normalized spacial score (nSPS) is 17.4. The van der Waals surface area contributed by atoms with E-state index in [1.165, 1.54) is 0 Å². The fourth-order valence-electron chi connectivity index (χ4n) is 1.85. The summed E-state index contributed by atoms with van der Waals surface area (Å²) in [5.74, 6) is -0.168. The van der Waals surface area contributed by atoms with Crippen molar-refractivity contribution in [1.82, 2.24) is 0 Å². The average molecular weight is 235 g/mol. The zero-order chi connectivity index (χ0) is 12.5. The molecule has 0 atom stereocenters. The largest absolute Gasteiger partial charge is 0.395 e. The standard InChI is InChI=1S/C13H17NO3/c1-9-3-4-11(10(2)5-9)14-12(16)13(6-15)7-17-8-13/h3-5,15H,6-8H2,1-2H3,(H,14,16). The highest BCUT2D eigenvalue weighted by Gasteiger charge is 2.45. The maximum absolute atomic E-state index is 12.0. The molecule has 4 nitrogen and oxygen atoms in total. The molecule has 1 aromatic carbocycles. The zero-order valence-electron chi connectivity index (χ0n) is 10.1. The summed E-state index contributed by atoms with van der Waals surface area (Å²) in [6, 6.07) is 5.84. The van der Waals surface area contributed by atoms with Crippen molar-refractivity contribution in [2.24, 2.45) is 5.41 Å². The van der Waals surface area contributed by atoms with E-state index in [2.05, 4.69) is 5.32 Å². The SMILES string of the molecule is Cc1ccc(NC(=O)C2(CO)COC2)c(C)c1. The highest BCUT2D eigenvalue weighted by Crippen LogP contribution is 2.29. The molecule has 4 heteroatoms. The fraction of sp³-hybridized carbons (Fsp3) is 0.462. The van der Waals surface area contributed by atoms with Crippen molar-refractivity contribution in [1.29, 1.82) is 0 Å². The molecule has 0 aromatic heterocycles. The number of hydrogen-bond donors (Lipinski definition) is 2. The molecule has 1 amide bonds. The predicted octanol–water partition coefficient (Wildman–Crippen LogP) is 1.25. The van der Waals surface area contributed by atoms with Gasteiger partial charge in [-0.05, 0) is 25.5 Å². The first-order chi connectivity index (χ1) is 8.07. The van der Waals surface area contributed by atoms with Gasteiger partial charge in [0.2, 0.25) is 5.91 Å². The van der Waals surface area contributed by atoms with Crippen molar-refractivity contribution in [2.45, 2.75) is 13.8 Å². The van der Waals surface area contributed by atoms with Gasteiger partial charge in [-0.25, -0.2) is 0 Å². The summed E-state index contributed by atoms with van der Waals surface area (Å²) < 4.78 is 5.02. The molecule has 1 saturated heterocycles. The summed E-state index contributed by atoms with van der Waals surface area (Å²) in [4.78, 5) is 12.0. The van der Waals surface area contributed by atoms with Crippen LogP contribution in [0.3, 0.4) is 0 Å². The van der Waals surface area contributed by atoms with Crippen LogP contribution in [0.1, 0.15) is 11.1 Å². The molecular formula is C13H17NO3. The molecule has 2 N–H and O–H groups in total.